The molecule has 0 aliphatic heterocycles. The summed E-state index contributed by atoms with van der Waals surface area (Å²) in [6.07, 6.45) is 0.303. The van der Waals surface area contributed by atoms with Crippen LogP contribution in [-0.4, -0.2) is 16.1 Å². The number of pyridine rings is 1. The summed E-state index contributed by atoms with van der Waals surface area (Å²) in [6.45, 7) is 0. The van der Waals surface area contributed by atoms with E-state index in [1.54, 1.807) is 6.07 Å². The van der Waals surface area contributed by atoms with Gasteiger partial charge in [-0.2, -0.15) is 13.2 Å². The third kappa shape index (κ3) is 5.21. The minimum Gasteiger partial charge on any atom is -0.481 e. The molecular formula is C20H20F3NO3. The van der Waals surface area contributed by atoms with Crippen LogP contribution in [0.15, 0.2) is 42.6 Å². The molecule has 1 heterocycles. The normalized spacial score (nSPS) is 20.3. The molecule has 0 unspecified atom stereocenters. The first kappa shape index (κ1) is 19.2. The van der Waals surface area contributed by atoms with Crippen molar-refractivity contribution in [1.82, 2.24) is 4.98 Å². The number of halogens is 3. The van der Waals surface area contributed by atoms with Crippen molar-refractivity contribution in [3.63, 3.8) is 0 Å². The maximum Gasteiger partial charge on any atom is 0.417 e. The van der Waals surface area contributed by atoms with Crippen molar-refractivity contribution >= 4 is 5.97 Å². The van der Waals surface area contributed by atoms with Crippen LogP contribution in [0.2, 0.25) is 0 Å². The van der Waals surface area contributed by atoms with Crippen LogP contribution < -0.4 is 4.74 Å². The summed E-state index contributed by atoms with van der Waals surface area (Å²) >= 11 is 0. The molecule has 2 aromatic rings. The highest BCUT2D eigenvalue weighted by molar-refractivity contribution is 5.70. The largest absolute Gasteiger partial charge is 0.481 e. The minimum atomic E-state index is -4.43. The Labute approximate surface area is 155 Å². The molecule has 1 aliphatic carbocycles. The predicted octanol–water partition coefficient (Wildman–Crippen LogP) is 5.33. The van der Waals surface area contributed by atoms with E-state index in [0.29, 0.717) is 24.5 Å². The molecule has 7 heteroatoms. The lowest BCUT2D eigenvalue weighted by Crippen LogP contribution is -2.22. The van der Waals surface area contributed by atoms with Crippen LogP contribution in [0.4, 0.5) is 13.2 Å². The van der Waals surface area contributed by atoms with Gasteiger partial charge in [-0.3, -0.25) is 4.79 Å². The fourth-order valence-corrected chi connectivity index (χ4v) is 3.41. The van der Waals surface area contributed by atoms with Crippen LogP contribution in [0.3, 0.4) is 0 Å². The lowest BCUT2D eigenvalue weighted by Gasteiger charge is -2.26. The first-order valence-corrected chi connectivity index (χ1v) is 8.84. The standard InChI is InChI=1S/C20H20F3NO3/c21-20(22,23)16-8-9-18(24-12-16)27-17-3-1-2-14(11-17)10-13-4-6-15(7-5-13)19(25)26/h1-3,8-9,11-13,15H,4-7,10H2,(H,25,26). The fourth-order valence-electron chi connectivity index (χ4n) is 3.41. The lowest BCUT2D eigenvalue weighted by molar-refractivity contribution is -0.143. The van der Waals surface area contributed by atoms with Gasteiger partial charge in [-0.1, -0.05) is 12.1 Å². The number of ether oxygens (including phenoxy) is 1. The molecule has 3 rings (SSSR count). The molecule has 1 aromatic carbocycles. The number of hydrogen-bond donors (Lipinski definition) is 1. The molecule has 0 bridgehead atoms. The summed E-state index contributed by atoms with van der Waals surface area (Å²) in [5.74, 6) is 0.0932. The molecule has 1 fully saturated rings. The smallest absolute Gasteiger partial charge is 0.417 e. The number of rotatable bonds is 5. The first-order chi connectivity index (χ1) is 12.8. The Morgan fingerprint density at radius 2 is 1.89 bits per heavy atom. The van der Waals surface area contributed by atoms with E-state index in [-0.39, 0.29) is 11.8 Å². The average molecular weight is 379 g/mol. The van der Waals surface area contributed by atoms with Gasteiger partial charge in [-0.05, 0) is 61.8 Å². The topological polar surface area (TPSA) is 59.4 Å². The molecular weight excluding hydrogens is 359 g/mol. The van der Waals surface area contributed by atoms with Gasteiger partial charge in [0.2, 0.25) is 5.88 Å². The predicted molar refractivity (Wildman–Crippen MR) is 92.5 cm³/mol. The summed E-state index contributed by atoms with van der Waals surface area (Å²) in [5, 5.41) is 9.07. The molecule has 27 heavy (non-hydrogen) atoms. The number of nitrogens with zero attached hydrogens (tertiary/aromatic N) is 1. The maximum atomic E-state index is 12.6. The van der Waals surface area contributed by atoms with Gasteiger partial charge in [0.05, 0.1) is 11.5 Å². The molecule has 1 saturated carbocycles. The third-order valence-corrected chi connectivity index (χ3v) is 4.90. The monoisotopic (exact) mass is 379 g/mol. The molecule has 0 saturated heterocycles. The van der Waals surface area contributed by atoms with Crippen LogP contribution in [0.5, 0.6) is 11.6 Å². The maximum absolute atomic E-state index is 12.6. The van der Waals surface area contributed by atoms with E-state index in [0.717, 1.165) is 37.1 Å². The van der Waals surface area contributed by atoms with Gasteiger partial charge in [0.25, 0.3) is 0 Å². The van der Waals surface area contributed by atoms with Gasteiger partial charge in [0.15, 0.2) is 0 Å². The zero-order valence-corrected chi connectivity index (χ0v) is 14.6. The highest BCUT2D eigenvalue weighted by Crippen LogP contribution is 2.33. The Morgan fingerprint density at radius 1 is 1.15 bits per heavy atom. The Kier molecular flexibility index (Phi) is 5.68. The Morgan fingerprint density at radius 3 is 2.48 bits per heavy atom. The Hall–Kier alpha value is -2.57. The highest BCUT2D eigenvalue weighted by Gasteiger charge is 2.30. The molecule has 0 atom stereocenters. The van der Waals surface area contributed by atoms with E-state index in [4.69, 9.17) is 9.84 Å². The zero-order chi connectivity index (χ0) is 19.4. The highest BCUT2D eigenvalue weighted by atomic mass is 19.4. The summed E-state index contributed by atoms with van der Waals surface area (Å²) in [6, 6.07) is 9.51. The van der Waals surface area contributed by atoms with Gasteiger partial charge in [-0.25, -0.2) is 4.98 Å². The van der Waals surface area contributed by atoms with Crippen LogP contribution in [0.1, 0.15) is 36.8 Å². The van der Waals surface area contributed by atoms with Gasteiger partial charge < -0.3 is 9.84 Å². The molecule has 1 N–H and O–H groups in total. The zero-order valence-electron chi connectivity index (χ0n) is 14.6. The van der Waals surface area contributed by atoms with Crippen molar-refractivity contribution < 1.29 is 27.8 Å². The van der Waals surface area contributed by atoms with Gasteiger partial charge in [0, 0.05) is 12.3 Å². The van der Waals surface area contributed by atoms with Gasteiger partial charge in [-0.15, -0.1) is 0 Å². The number of benzene rings is 1. The second kappa shape index (κ2) is 7.98. The molecule has 0 amide bonds. The molecule has 0 spiro atoms. The van der Waals surface area contributed by atoms with Crippen molar-refractivity contribution in [2.45, 2.75) is 38.3 Å². The van der Waals surface area contributed by atoms with Crippen molar-refractivity contribution in [2.75, 3.05) is 0 Å². The molecule has 1 aliphatic rings. The number of hydrogen-bond acceptors (Lipinski definition) is 3. The SMILES string of the molecule is O=C(O)C1CCC(Cc2cccc(Oc3ccc(C(F)(F)F)cn3)c2)CC1. The van der Waals surface area contributed by atoms with E-state index >= 15 is 0 Å². The average Bonchev–Trinajstić information content (AvgIpc) is 2.62. The quantitative estimate of drug-likeness (QED) is 0.763. The summed E-state index contributed by atoms with van der Waals surface area (Å²) in [4.78, 5) is 14.7. The number of aromatic nitrogens is 1. The summed E-state index contributed by atoms with van der Waals surface area (Å²) in [5.41, 5.74) is 0.235. The van der Waals surface area contributed by atoms with E-state index in [9.17, 15) is 18.0 Å². The van der Waals surface area contributed by atoms with Crippen LogP contribution >= 0.6 is 0 Å². The first-order valence-electron chi connectivity index (χ1n) is 8.84. The fraction of sp³-hybridized carbons (Fsp3) is 0.400. The summed E-state index contributed by atoms with van der Waals surface area (Å²) in [7, 11) is 0. The van der Waals surface area contributed by atoms with E-state index < -0.39 is 17.7 Å². The van der Waals surface area contributed by atoms with Crippen molar-refractivity contribution in [1.29, 1.82) is 0 Å². The van der Waals surface area contributed by atoms with Gasteiger partial charge in [0.1, 0.15) is 5.75 Å². The Balaban J connectivity index is 1.60. The van der Waals surface area contributed by atoms with Crippen LogP contribution in [0, 0.1) is 11.8 Å². The molecule has 0 radical (unpaired) electrons. The van der Waals surface area contributed by atoms with Crippen LogP contribution in [0.25, 0.3) is 0 Å². The lowest BCUT2D eigenvalue weighted by atomic mass is 9.79. The minimum absolute atomic E-state index is 0.0992. The Bertz CT molecular complexity index is 782. The summed E-state index contributed by atoms with van der Waals surface area (Å²) < 4.78 is 43.3. The second-order valence-electron chi connectivity index (χ2n) is 6.89. The van der Waals surface area contributed by atoms with Crippen molar-refractivity contribution in [2.24, 2.45) is 11.8 Å². The van der Waals surface area contributed by atoms with E-state index in [1.165, 1.54) is 6.07 Å². The van der Waals surface area contributed by atoms with E-state index in [2.05, 4.69) is 4.98 Å². The molecule has 1 aromatic heterocycles. The van der Waals surface area contributed by atoms with Crippen molar-refractivity contribution in [3.8, 4) is 11.6 Å². The van der Waals surface area contributed by atoms with E-state index in [1.807, 2.05) is 18.2 Å². The second-order valence-corrected chi connectivity index (χ2v) is 6.89. The number of aliphatic carboxylic acids is 1. The number of carbonyl (C=O) groups is 1. The van der Waals surface area contributed by atoms with Crippen LogP contribution in [-0.2, 0) is 17.4 Å². The molecule has 144 valence electrons. The number of carboxylic acid groups (broad SMARTS) is 1. The molecule has 4 nitrogen and oxygen atoms in total. The third-order valence-electron chi connectivity index (χ3n) is 4.90. The number of carboxylic acids is 1. The van der Waals surface area contributed by atoms with Crippen molar-refractivity contribution in [3.05, 3.63) is 53.7 Å². The number of alkyl halides is 3. The van der Waals surface area contributed by atoms with Gasteiger partial charge >= 0.3 is 12.1 Å².